The van der Waals surface area contributed by atoms with Crippen LogP contribution in [0.2, 0.25) is 5.02 Å². The average molecular weight is 726 g/mol. The molecule has 1 fully saturated rings. The molecule has 0 saturated carbocycles. The Bertz CT molecular complexity index is 1350. The highest BCUT2D eigenvalue weighted by molar-refractivity contribution is 8.00. The number of nitrogens with two attached hydrogens (primary N) is 1. The summed E-state index contributed by atoms with van der Waals surface area (Å²) in [5, 5.41) is 6.21. The van der Waals surface area contributed by atoms with E-state index in [1.165, 1.54) is 86.4 Å². The van der Waals surface area contributed by atoms with Gasteiger partial charge in [0.2, 0.25) is 5.91 Å². The minimum Gasteiger partial charge on any atom is -0.413 e. The van der Waals surface area contributed by atoms with Gasteiger partial charge in [-0.3, -0.25) is 13.9 Å². The number of thioether (sulfide) groups is 1. The van der Waals surface area contributed by atoms with Crippen LogP contribution >= 0.6 is 31.1 Å². The van der Waals surface area contributed by atoms with Gasteiger partial charge in [-0.25, -0.2) is 14.4 Å². The number of aromatic nitrogens is 2. The quantitative estimate of drug-likeness (QED) is 0.0522. The first-order valence-electron chi connectivity index (χ1n) is 17.3. The zero-order valence-electron chi connectivity index (χ0n) is 28.2. The zero-order valence-corrected chi connectivity index (χ0v) is 30.6. The zero-order chi connectivity index (χ0) is 34.5. The number of nitrogens with one attached hydrogen (secondary N) is 2. The third kappa shape index (κ3) is 16.4. The molecule has 1 aromatic heterocycles. The van der Waals surface area contributed by atoms with Crippen molar-refractivity contribution >= 4 is 42.8 Å². The largest absolute Gasteiger partial charge is 0.458 e. The van der Waals surface area contributed by atoms with Crippen molar-refractivity contribution in [1.29, 1.82) is 0 Å². The average Bonchev–Trinajstić information content (AvgIpc) is 3.54. The Morgan fingerprint density at radius 2 is 1.71 bits per heavy atom. The number of halogens is 1. The number of hydrogen-bond acceptors (Lipinski definition) is 9. The number of amides is 1. The summed E-state index contributed by atoms with van der Waals surface area (Å²) in [6.45, 7) is 2.60. The number of nitrogen functional groups attached to an aromatic ring is 1. The van der Waals surface area contributed by atoms with Crippen molar-refractivity contribution in [2.24, 2.45) is 0 Å². The number of rotatable bonds is 25. The third-order valence-corrected chi connectivity index (χ3v) is 10.6. The summed E-state index contributed by atoms with van der Waals surface area (Å²) in [5.74, 6) is 0.865. The van der Waals surface area contributed by atoms with Gasteiger partial charge in [0.1, 0.15) is 23.2 Å². The summed E-state index contributed by atoms with van der Waals surface area (Å²) in [7, 11) is -3.87. The molecule has 1 aliphatic heterocycles. The molecule has 0 radical (unpaired) electrons. The van der Waals surface area contributed by atoms with Crippen LogP contribution in [0.4, 0.5) is 5.82 Å². The van der Waals surface area contributed by atoms with Gasteiger partial charge in [0.05, 0.1) is 6.61 Å². The maximum Gasteiger partial charge on any atom is 0.458 e. The topological polar surface area (TPSA) is 147 Å². The SMILES string of the molecule is CCCCCCCC/C=C\CCCCCCCC(=O)NCCNP(=O)(OC[C@@H]1OC(n2ccc(N)nc2=O)CS1)Oc1ccc(Cl)cc1. The van der Waals surface area contributed by atoms with E-state index in [1.807, 2.05) is 0 Å². The molecule has 1 saturated heterocycles. The Morgan fingerprint density at radius 3 is 2.40 bits per heavy atom. The first kappa shape index (κ1) is 40.1. The predicted molar refractivity (Wildman–Crippen MR) is 195 cm³/mol. The van der Waals surface area contributed by atoms with Gasteiger partial charge in [0, 0.05) is 36.5 Å². The molecule has 1 aromatic carbocycles. The van der Waals surface area contributed by atoms with E-state index in [9.17, 15) is 14.2 Å². The molecule has 2 unspecified atom stereocenters. The van der Waals surface area contributed by atoms with Gasteiger partial charge in [-0.2, -0.15) is 4.98 Å². The van der Waals surface area contributed by atoms with Crippen LogP contribution in [0, 0.1) is 0 Å². The van der Waals surface area contributed by atoms with Crippen molar-refractivity contribution in [2.45, 2.75) is 108 Å². The Morgan fingerprint density at radius 1 is 1.04 bits per heavy atom. The standard InChI is InChI=1S/C34H53ClN5O6PS/c1-2-3-4-5-6-7-8-9-10-11-12-13-14-15-16-17-31(41)37-23-24-38-47(43,46-29-20-18-28(35)19-21-29)44-26-33-45-32(27-48-33)40-25-22-30(36)39-34(40)42/h9-10,18-22,25,32-33H,2-8,11-17,23-24,26-27H2,1H3,(H,37,41)(H,38,43)(H2,36,39,42)/b10-9-/t32?,33-,47?/m1/s1. The van der Waals surface area contributed by atoms with Crippen molar-refractivity contribution in [2.75, 3.05) is 31.2 Å². The molecule has 4 N–H and O–H groups in total. The van der Waals surface area contributed by atoms with E-state index in [0.29, 0.717) is 22.9 Å². The Balaban J connectivity index is 1.30. The first-order chi connectivity index (χ1) is 23.3. The molecule has 2 heterocycles. The van der Waals surface area contributed by atoms with Gasteiger partial charge < -0.3 is 20.3 Å². The lowest BCUT2D eigenvalue weighted by atomic mass is 10.1. The fourth-order valence-electron chi connectivity index (χ4n) is 5.06. The van der Waals surface area contributed by atoms with Crippen molar-refractivity contribution in [3.8, 4) is 5.75 Å². The lowest BCUT2D eigenvalue weighted by Crippen LogP contribution is -2.32. The second kappa shape index (κ2) is 23.1. The van der Waals surface area contributed by atoms with Crippen LogP contribution in [-0.2, 0) is 18.6 Å². The fraction of sp³-hybridized carbons (Fsp3) is 0.618. The number of unbranched alkanes of at least 4 members (excludes halogenated alkanes) is 11. The molecule has 268 valence electrons. The van der Waals surface area contributed by atoms with Crippen molar-refractivity contribution in [1.82, 2.24) is 20.0 Å². The predicted octanol–water partition coefficient (Wildman–Crippen LogP) is 8.01. The lowest BCUT2D eigenvalue weighted by molar-refractivity contribution is -0.121. The van der Waals surface area contributed by atoms with E-state index in [4.69, 9.17) is 31.1 Å². The number of benzene rings is 1. The molecule has 14 heteroatoms. The maximum absolute atomic E-state index is 13.7. The molecular weight excluding hydrogens is 673 g/mol. The Kier molecular flexibility index (Phi) is 19.3. The van der Waals surface area contributed by atoms with Gasteiger partial charge >= 0.3 is 13.4 Å². The molecular formula is C34H53ClN5O6PS. The number of carbonyl (C=O) groups is 1. The van der Waals surface area contributed by atoms with Crippen LogP contribution in [0.5, 0.6) is 5.75 Å². The molecule has 0 bridgehead atoms. The maximum atomic E-state index is 13.7. The minimum atomic E-state index is -3.87. The van der Waals surface area contributed by atoms with E-state index in [1.54, 1.807) is 24.3 Å². The lowest BCUT2D eigenvalue weighted by Gasteiger charge is -2.22. The molecule has 3 rings (SSSR count). The number of allylic oxidation sites excluding steroid dienone is 2. The molecule has 0 spiro atoms. The molecule has 1 aliphatic rings. The third-order valence-electron chi connectivity index (χ3n) is 7.73. The van der Waals surface area contributed by atoms with E-state index < -0.39 is 25.1 Å². The number of ether oxygens (including phenoxy) is 1. The van der Waals surface area contributed by atoms with Crippen LogP contribution in [0.25, 0.3) is 0 Å². The van der Waals surface area contributed by atoms with Crippen LogP contribution in [-0.4, -0.2) is 46.3 Å². The monoisotopic (exact) mass is 725 g/mol. The molecule has 11 nitrogen and oxygen atoms in total. The van der Waals surface area contributed by atoms with Crippen LogP contribution in [0.3, 0.4) is 0 Å². The molecule has 0 aliphatic carbocycles. The summed E-state index contributed by atoms with van der Waals surface area (Å²) in [4.78, 5) is 28.3. The van der Waals surface area contributed by atoms with E-state index in [0.717, 1.165) is 25.7 Å². The summed E-state index contributed by atoms with van der Waals surface area (Å²) in [6.07, 6.45) is 21.8. The van der Waals surface area contributed by atoms with Crippen LogP contribution < -0.4 is 26.4 Å². The number of carbonyl (C=O) groups excluding carboxylic acids is 1. The number of hydrogen-bond donors (Lipinski definition) is 3. The highest BCUT2D eigenvalue weighted by Crippen LogP contribution is 2.45. The fourth-order valence-corrected chi connectivity index (χ4v) is 7.60. The molecule has 3 atom stereocenters. The smallest absolute Gasteiger partial charge is 0.413 e. The molecule has 48 heavy (non-hydrogen) atoms. The van der Waals surface area contributed by atoms with E-state index in [2.05, 4.69) is 34.5 Å². The summed E-state index contributed by atoms with van der Waals surface area (Å²) >= 11 is 7.40. The van der Waals surface area contributed by atoms with Gasteiger partial charge in [-0.15, -0.1) is 11.8 Å². The highest BCUT2D eigenvalue weighted by Gasteiger charge is 2.33. The van der Waals surface area contributed by atoms with Crippen LogP contribution in [0.15, 0.2) is 53.5 Å². The van der Waals surface area contributed by atoms with E-state index in [-0.39, 0.29) is 31.4 Å². The highest BCUT2D eigenvalue weighted by atomic mass is 35.5. The molecule has 1 amide bonds. The van der Waals surface area contributed by atoms with Crippen molar-refractivity contribution in [3.05, 3.63) is 64.2 Å². The Hall–Kier alpha value is -2.34. The van der Waals surface area contributed by atoms with Gasteiger partial charge in [0.15, 0.2) is 0 Å². The Labute approximate surface area is 294 Å². The number of anilines is 1. The van der Waals surface area contributed by atoms with Crippen molar-refractivity contribution < 1.29 is 23.1 Å². The summed E-state index contributed by atoms with van der Waals surface area (Å²) in [6, 6.07) is 7.94. The molecule has 2 aromatic rings. The van der Waals surface area contributed by atoms with Gasteiger partial charge in [-0.05, 0) is 62.4 Å². The minimum absolute atomic E-state index is 0.0435. The second-order valence-corrected chi connectivity index (χ2v) is 15.2. The van der Waals surface area contributed by atoms with Crippen LogP contribution in [0.1, 0.15) is 103 Å². The normalized spacial score (nSPS) is 17.5. The summed E-state index contributed by atoms with van der Waals surface area (Å²) in [5.41, 5.74) is 4.56. The van der Waals surface area contributed by atoms with Crippen molar-refractivity contribution in [3.63, 3.8) is 0 Å². The second-order valence-electron chi connectivity index (χ2n) is 11.8. The van der Waals surface area contributed by atoms with E-state index >= 15 is 0 Å². The first-order valence-corrected chi connectivity index (χ1v) is 20.2. The van der Waals surface area contributed by atoms with Gasteiger partial charge in [-0.1, -0.05) is 82.0 Å². The summed E-state index contributed by atoms with van der Waals surface area (Å²) < 4.78 is 32.5. The van der Waals surface area contributed by atoms with Gasteiger partial charge in [0.25, 0.3) is 0 Å². The number of nitrogens with zero attached hydrogens (tertiary/aromatic N) is 2.